The molecule has 0 bridgehead atoms. The van der Waals surface area contributed by atoms with Crippen molar-refractivity contribution in [3.8, 4) is 0 Å². The lowest BCUT2D eigenvalue weighted by Gasteiger charge is -2.31. The van der Waals surface area contributed by atoms with E-state index in [1.54, 1.807) is 22.7 Å². The molecule has 1 fully saturated rings. The van der Waals surface area contributed by atoms with Crippen LogP contribution in [-0.4, -0.2) is 45.6 Å². The number of hydrogen-bond acceptors (Lipinski definition) is 3. The molecule has 0 radical (unpaired) electrons. The first-order chi connectivity index (χ1) is 12.2. The van der Waals surface area contributed by atoms with Gasteiger partial charge in [-0.3, -0.25) is 14.3 Å². The molecule has 2 amide bonds. The molecule has 1 aromatic heterocycles. The second-order valence-electron chi connectivity index (χ2n) is 7.39. The fraction of sp³-hybridized carbons (Fsp3) is 0.632. The van der Waals surface area contributed by atoms with Crippen LogP contribution in [-0.2, 0) is 16.6 Å². The second-order valence-corrected chi connectivity index (χ2v) is 7.75. The SMILES string of the molecule is Cc1nn(C)c(Cl)c1/C=C/C(=O)N1CCC(C(=O)NC(C)C(C)C)CC1. The third kappa shape index (κ3) is 4.87. The highest BCUT2D eigenvalue weighted by atomic mass is 35.5. The second kappa shape index (κ2) is 8.71. The van der Waals surface area contributed by atoms with Gasteiger partial charge in [0, 0.05) is 43.7 Å². The van der Waals surface area contributed by atoms with Crippen molar-refractivity contribution >= 4 is 29.5 Å². The number of piperidine rings is 1. The van der Waals surface area contributed by atoms with Crippen molar-refractivity contribution in [2.75, 3.05) is 13.1 Å². The summed E-state index contributed by atoms with van der Waals surface area (Å²) in [6.45, 7) is 9.26. The molecule has 2 rings (SSSR count). The minimum absolute atomic E-state index is 0.0146. The molecular weight excluding hydrogens is 352 g/mol. The van der Waals surface area contributed by atoms with Crippen LogP contribution < -0.4 is 5.32 Å². The Kier molecular flexibility index (Phi) is 6.87. The van der Waals surface area contributed by atoms with Crippen LogP contribution in [0.25, 0.3) is 6.08 Å². The van der Waals surface area contributed by atoms with Gasteiger partial charge >= 0.3 is 0 Å². The summed E-state index contributed by atoms with van der Waals surface area (Å²) in [4.78, 5) is 26.5. The summed E-state index contributed by atoms with van der Waals surface area (Å²) in [6, 6.07) is 0.164. The molecule has 2 heterocycles. The van der Waals surface area contributed by atoms with Crippen LogP contribution in [0.4, 0.5) is 0 Å². The van der Waals surface area contributed by atoms with E-state index in [4.69, 9.17) is 11.6 Å². The summed E-state index contributed by atoms with van der Waals surface area (Å²) in [5, 5.41) is 7.82. The molecule has 7 heteroatoms. The highest BCUT2D eigenvalue weighted by molar-refractivity contribution is 6.31. The van der Waals surface area contributed by atoms with E-state index in [2.05, 4.69) is 24.3 Å². The standard InChI is InChI=1S/C19H29ClN4O2/c1-12(2)13(3)21-19(26)15-8-10-24(11-9-15)17(25)7-6-16-14(4)22-23(5)18(16)20/h6-7,12-13,15H,8-11H2,1-5H3,(H,21,26)/b7-6+. The molecule has 144 valence electrons. The van der Waals surface area contributed by atoms with E-state index < -0.39 is 0 Å². The van der Waals surface area contributed by atoms with Crippen LogP contribution in [0, 0.1) is 18.8 Å². The lowest BCUT2D eigenvalue weighted by molar-refractivity contribution is -0.132. The monoisotopic (exact) mass is 380 g/mol. The number of nitrogens with one attached hydrogen (secondary N) is 1. The number of carbonyl (C=O) groups is 2. The normalized spacial score (nSPS) is 17.1. The van der Waals surface area contributed by atoms with Gasteiger partial charge in [0.1, 0.15) is 5.15 Å². The van der Waals surface area contributed by atoms with Crippen LogP contribution in [0.3, 0.4) is 0 Å². The number of carbonyl (C=O) groups excluding carboxylic acids is 2. The molecule has 1 saturated heterocycles. The Balaban J connectivity index is 1.88. The van der Waals surface area contributed by atoms with Crippen molar-refractivity contribution < 1.29 is 9.59 Å². The zero-order valence-corrected chi connectivity index (χ0v) is 17.0. The number of rotatable bonds is 5. The van der Waals surface area contributed by atoms with Crippen LogP contribution >= 0.6 is 11.6 Å². The molecule has 26 heavy (non-hydrogen) atoms. The quantitative estimate of drug-likeness (QED) is 0.798. The van der Waals surface area contributed by atoms with Crippen molar-refractivity contribution in [3.05, 3.63) is 22.5 Å². The lowest BCUT2D eigenvalue weighted by atomic mass is 9.94. The number of aromatic nitrogens is 2. The number of amides is 2. The van der Waals surface area contributed by atoms with Gasteiger partial charge in [-0.1, -0.05) is 25.4 Å². The number of likely N-dealkylation sites (tertiary alicyclic amines) is 1. The fourth-order valence-electron chi connectivity index (χ4n) is 2.97. The van der Waals surface area contributed by atoms with E-state index in [0.29, 0.717) is 37.0 Å². The third-order valence-electron chi connectivity index (χ3n) is 5.14. The van der Waals surface area contributed by atoms with Crippen molar-refractivity contribution in [3.63, 3.8) is 0 Å². The number of nitrogens with zero attached hydrogens (tertiary/aromatic N) is 3. The molecule has 1 atom stereocenters. The predicted octanol–water partition coefficient (Wildman–Crippen LogP) is 2.79. The van der Waals surface area contributed by atoms with Gasteiger partial charge in [-0.2, -0.15) is 5.10 Å². The molecule has 1 aliphatic heterocycles. The Bertz CT molecular complexity index is 688. The maximum Gasteiger partial charge on any atom is 0.246 e. The first kappa shape index (κ1) is 20.5. The van der Waals surface area contributed by atoms with Gasteiger partial charge in [0.25, 0.3) is 0 Å². The van der Waals surface area contributed by atoms with Gasteiger partial charge in [-0.25, -0.2) is 0 Å². The minimum atomic E-state index is -0.0567. The van der Waals surface area contributed by atoms with Gasteiger partial charge in [0.05, 0.1) is 5.69 Å². The fourth-order valence-corrected chi connectivity index (χ4v) is 3.20. The van der Waals surface area contributed by atoms with Gasteiger partial charge in [-0.15, -0.1) is 0 Å². The zero-order chi connectivity index (χ0) is 19.4. The topological polar surface area (TPSA) is 67.2 Å². The summed E-state index contributed by atoms with van der Waals surface area (Å²) in [6.07, 6.45) is 4.65. The zero-order valence-electron chi connectivity index (χ0n) is 16.3. The van der Waals surface area contributed by atoms with Gasteiger partial charge in [-0.05, 0) is 38.7 Å². The van der Waals surface area contributed by atoms with Crippen LogP contribution in [0.15, 0.2) is 6.08 Å². The summed E-state index contributed by atoms with van der Waals surface area (Å²) < 4.78 is 1.59. The molecule has 1 aliphatic rings. The molecule has 1 aromatic rings. The molecule has 0 aromatic carbocycles. The van der Waals surface area contributed by atoms with Crippen LogP contribution in [0.1, 0.15) is 44.9 Å². The molecular formula is C19H29ClN4O2. The summed E-state index contributed by atoms with van der Waals surface area (Å²) in [5.41, 5.74) is 1.55. The van der Waals surface area contributed by atoms with Crippen molar-refractivity contribution in [2.24, 2.45) is 18.9 Å². The molecule has 6 nitrogen and oxygen atoms in total. The molecule has 1 unspecified atom stereocenters. The highest BCUT2D eigenvalue weighted by Crippen LogP contribution is 2.21. The van der Waals surface area contributed by atoms with Gasteiger partial charge in [0.15, 0.2) is 0 Å². The molecule has 0 spiro atoms. The number of halogens is 1. The van der Waals surface area contributed by atoms with Crippen molar-refractivity contribution in [2.45, 2.75) is 46.6 Å². The molecule has 0 aliphatic carbocycles. The summed E-state index contributed by atoms with van der Waals surface area (Å²) >= 11 is 6.18. The smallest absolute Gasteiger partial charge is 0.246 e. The Morgan fingerprint density at radius 1 is 1.27 bits per heavy atom. The Labute approximate surface area is 160 Å². The van der Waals surface area contributed by atoms with E-state index in [1.807, 2.05) is 13.8 Å². The van der Waals surface area contributed by atoms with Crippen molar-refractivity contribution in [1.29, 1.82) is 0 Å². The van der Waals surface area contributed by atoms with Crippen LogP contribution in [0.2, 0.25) is 5.15 Å². The van der Waals surface area contributed by atoms with Crippen molar-refractivity contribution in [1.82, 2.24) is 20.0 Å². The Morgan fingerprint density at radius 2 is 1.88 bits per heavy atom. The third-order valence-corrected chi connectivity index (χ3v) is 5.58. The molecule has 0 saturated carbocycles. The maximum absolute atomic E-state index is 12.4. The van der Waals surface area contributed by atoms with E-state index >= 15 is 0 Å². The average molecular weight is 381 g/mol. The highest BCUT2D eigenvalue weighted by Gasteiger charge is 2.27. The number of hydrogen-bond donors (Lipinski definition) is 1. The maximum atomic E-state index is 12.4. The first-order valence-electron chi connectivity index (χ1n) is 9.17. The van der Waals surface area contributed by atoms with Gasteiger partial charge < -0.3 is 10.2 Å². The minimum Gasteiger partial charge on any atom is -0.353 e. The Hall–Kier alpha value is -1.82. The molecule has 1 N–H and O–H groups in total. The van der Waals surface area contributed by atoms with E-state index in [1.165, 1.54) is 6.08 Å². The largest absolute Gasteiger partial charge is 0.353 e. The predicted molar refractivity (Wildman–Crippen MR) is 104 cm³/mol. The average Bonchev–Trinajstić information content (AvgIpc) is 2.84. The van der Waals surface area contributed by atoms with E-state index in [0.717, 1.165) is 11.3 Å². The van der Waals surface area contributed by atoms with E-state index in [-0.39, 0.29) is 23.8 Å². The van der Waals surface area contributed by atoms with Crippen LogP contribution in [0.5, 0.6) is 0 Å². The first-order valence-corrected chi connectivity index (χ1v) is 9.55. The summed E-state index contributed by atoms with van der Waals surface area (Å²) in [5.74, 6) is 0.443. The Morgan fingerprint density at radius 3 is 2.38 bits per heavy atom. The lowest BCUT2D eigenvalue weighted by Crippen LogP contribution is -2.45. The van der Waals surface area contributed by atoms with Gasteiger partial charge in [0.2, 0.25) is 11.8 Å². The van der Waals surface area contributed by atoms with E-state index in [9.17, 15) is 9.59 Å². The summed E-state index contributed by atoms with van der Waals surface area (Å²) in [7, 11) is 1.77. The number of aryl methyl sites for hydroxylation is 2.